The van der Waals surface area contributed by atoms with Crippen LogP contribution in [-0.4, -0.2) is 6.10 Å². The molecular weight excluding hydrogens is 240 g/mol. The van der Waals surface area contributed by atoms with Crippen molar-refractivity contribution in [3.05, 3.63) is 11.2 Å². The summed E-state index contributed by atoms with van der Waals surface area (Å²) in [6, 6.07) is 0. The maximum atomic E-state index is 5.75. The van der Waals surface area contributed by atoms with Crippen LogP contribution in [0.5, 0.6) is 0 Å². The van der Waals surface area contributed by atoms with Crippen LogP contribution in [0, 0.1) is 17.8 Å². The van der Waals surface area contributed by atoms with Crippen molar-refractivity contribution in [3.63, 3.8) is 0 Å². The normalized spacial score (nSPS) is 33.9. The first-order chi connectivity index (χ1) is 6.65. The van der Waals surface area contributed by atoms with Gasteiger partial charge in [-0.25, -0.2) is 0 Å². The molecule has 0 N–H and O–H groups in total. The molecule has 0 heterocycles. The summed E-state index contributed by atoms with van der Waals surface area (Å²) >= 11 is 3.24. The molecule has 3 atom stereocenters. The summed E-state index contributed by atoms with van der Waals surface area (Å²) in [6.07, 6.45) is 6.09. The summed E-state index contributed by atoms with van der Waals surface area (Å²) in [5.41, 5.74) is 0. The first-order valence-electron chi connectivity index (χ1n) is 5.55. The highest BCUT2D eigenvalue weighted by Gasteiger charge is 2.31. The van der Waals surface area contributed by atoms with Crippen LogP contribution in [0.25, 0.3) is 0 Å². The molecule has 1 aliphatic rings. The van der Waals surface area contributed by atoms with Gasteiger partial charge in [0.15, 0.2) is 0 Å². The van der Waals surface area contributed by atoms with E-state index < -0.39 is 0 Å². The van der Waals surface area contributed by atoms with Gasteiger partial charge in [0, 0.05) is 4.99 Å². The number of rotatable bonds is 3. The minimum atomic E-state index is 0.424. The van der Waals surface area contributed by atoms with Gasteiger partial charge < -0.3 is 4.74 Å². The maximum absolute atomic E-state index is 5.75. The zero-order valence-electron chi connectivity index (χ0n) is 9.37. The minimum absolute atomic E-state index is 0.424. The van der Waals surface area contributed by atoms with Crippen molar-refractivity contribution < 1.29 is 4.74 Å². The second-order valence-corrected chi connectivity index (χ2v) is 5.29. The molecule has 1 nitrogen and oxygen atoms in total. The van der Waals surface area contributed by atoms with E-state index in [1.807, 2.05) is 0 Å². The Hall–Kier alpha value is 0.0200. The molecule has 1 unspecified atom stereocenters. The van der Waals surface area contributed by atoms with Crippen LogP contribution in [0.4, 0.5) is 0 Å². The van der Waals surface area contributed by atoms with E-state index in [1.165, 1.54) is 19.3 Å². The predicted octanol–water partition coefficient (Wildman–Crippen LogP) is 4.33. The van der Waals surface area contributed by atoms with Gasteiger partial charge in [-0.05, 0) is 30.6 Å². The van der Waals surface area contributed by atoms with E-state index in [4.69, 9.17) is 4.74 Å². The summed E-state index contributed by atoms with van der Waals surface area (Å²) in [5, 5.41) is 0. The van der Waals surface area contributed by atoms with Crippen LogP contribution in [0.2, 0.25) is 0 Å². The Morgan fingerprint density at radius 3 is 2.64 bits per heavy atom. The second kappa shape index (κ2) is 5.79. The van der Waals surface area contributed by atoms with Crippen molar-refractivity contribution in [2.24, 2.45) is 17.8 Å². The molecule has 0 radical (unpaired) electrons. The lowest BCUT2D eigenvalue weighted by atomic mass is 9.75. The molecular formula is C12H21BrO. The molecule has 0 aliphatic heterocycles. The van der Waals surface area contributed by atoms with Gasteiger partial charge in [-0.3, -0.25) is 0 Å². The zero-order valence-corrected chi connectivity index (χ0v) is 11.0. The van der Waals surface area contributed by atoms with Crippen molar-refractivity contribution in [3.8, 4) is 0 Å². The largest absolute Gasteiger partial charge is 0.497 e. The topological polar surface area (TPSA) is 9.23 Å². The Morgan fingerprint density at radius 1 is 1.36 bits per heavy atom. The van der Waals surface area contributed by atoms with Gasteiger partial charge in [-0.1, -0.05) is 43.1 Å². The molecule has 1 saturated carbocycles. The minimum Gasteiger partial charge on any atom is -0.497 e. The highest BCUT2D eigenvalue weighted by Crippen LogP contribution is 2.35. The predicted molar refractivity (Wildman–Crippen MR) is 64.3 cm³/mol. The van der Waals surface area contributed by atoms with Gasteiger partial charge in [-0.2, -0.15) is 0 Å². The first kappa shape index (κ1) is 12.1. The number of hydrogen-bond acceptors (Lipinski definition) is 1. The lowest BCUT2D eigenvalue weighted by molar-refractivity contribution is 0.0139. The molecule has 1 aliphatic carbocycles. The molecule has 0 amide bonds. The highest BCUT2D eigenvalue weighted by atomic mass is 79.9. The van der Waals surface area contributed by atoms with Crippen molar-refractivity contribution in [2.75, 3.05) is 0 Å². The van der Waals surface area contributed by atoms with Gasteiger partial charge in [0.1, 0.15) is 6.10 Å². The number of ether oxygens (including phenoxy) is 1. The highest BCUT2D eigenvalue weighted by molar-refractivity contribution is 9.11. The quantitative estimate of drug-likeness (QED) is 0.687. The van der Waals surface area contributed by atoms with Crippen LogP contribution in [-0.2, 0) is 4.74 Å². The van der Waals surface area contributed by atoms with Gasteiger partial charge >= 0.3 is 0 Å². The Labute approximate surface area is 96.0 Å². The average Bonchev–Trinajstić information content (AvgIpc) is 2.14. The molecule has 1 fully saturated rings. The van der Waals surface area contributed by atoms with Crippen LogP contribution < -0.4 is 0 Å². The van der Waals surface area contributed by atoms with Crippen LogP contribution in [0.1, 0.15) is 40.0 Å². The molecule has 0 spiro atoms. The third kappa shape index (κ3) is 3.30. The monoisotopic (exact) mass is 260 g/mol. The molecule has 0 aromatic rings. The van der Waals surface area contributed by atoms with E-state index in [0.29, 0.717) is 6.10 Å². The number of hydrogen-bond donors (Lipinski definition) is 0. The summed E-state index contributed by atoms with van der Waals surface area (Å²) in [4.78, 5) is 1.80. The lowest BCUT2D eigenvalue weighted by Gasteiger charge is -2.36. The average molecular weight is 261 g/mol. The van der Waals surface area contributed by atoms with Crippen LogP contribution in [0.15, 0.2) is 11.2 Å². The fourth-order valence-corrected chi connectivity index (χ4v) is 2.53. The van der Waals surface area contributed by atoms with Gasteiger partial charge in [-0.15, -0.1) is 0 Å². The summed E-state index contributed by atoms with van der Waals surface area (Å²) in [7, 11) is 0. The molecule has 14 heavy (non-hydrogen) atoms. The van der Waals surface area contributed by atoms with E-state index in [0.717, 1.165) is 17.8 Å². The standard InChI is InChI=1S/C12H21BrO/c1-9(2)11-5-4-10(3)8-12(11)14-7-6-13/h6-7,9-12H,4-5,8H2,1-3H3/b7-6+/t10-,11+,12?/m0/s1. The van der Waals surface area contributed by atoms with E-state index in [2.05, 4.69) is 36.7 Å². The Kier molecular flexibility index (Phi) is 5.00. The van der Waals surface area contributed by atoms with Gasteiger partial charge in [0.05, 0.1) is 6.26 Å². The zero-order chi connectivity index (χ0) is 10.6. The van der Waals surface area contributed by atoms with Crippen LogP contribution >= 0.6 is 15.9 Å². The maximum Gasteiger partial charge on any atom is 0.101 e. The second-order valence-electron chi connectivity index (χ2n) is 4.76. The molecule has 0 aromatic heterocycles. The lowest BCUT2D eigenvalue weighted by Crippen LogP contribution is -2.33. The van der Waals surface area contributed by atoms with Gasteiger partial charge in [0.2, 0.25) is 0 Å². The molecule has 1 rings (SSSR count). The molecule has 0 saturated heterocycles. The van der Waals surface area contributed by atoms with E-state index in [1.54, 1.807) is 11.2 Å². The molecule has 0 bridgehead atoms. The summed E-state index contributed by atoms with van der Waals surface area (Å²) in [5.74, 6) is 2.28. The fourth-order valence-electron chi connectivity index (χ4n) is 2.40. The fraction of sp³-hybridized carbons (Fsp3) is 0.833. The summed E-state index contributed by atoms with van der Waals surface area (Å²) in [6.45, 7) is 6.93. The van der Waals surface area contributed by atoms with Crippen molar-refractivity contribution in [1.82, 2.24) is 0 Å². The SMILES string of the molecule is CC(C)[C@H]1CC[C@H](C)CC1O/C=C/Br. The van der Waals surface area contributed by atoms with Crippen molar-refractivity contribution >= 4 is 15.9 Å². The molecule has 0 aromatic carbocycles. The van der Waals surface area contributed by atoms with E-state index in [-0.39, 0.29) is 0 Å². The smallest absolute Gasteiger partial charge is 0.101 e. The Bertz CT molecular complexity index is 189. The van der Waals surface area contributed by atoms with Gasteiger partial charge in [0.25, 0.3) is 0 Å². The number of halogens is 1. The first-order valence-corrected chi connectivity index (χ1v) is 6.47. The van der Waals surface area contributed by atoms with Crippen molar-refractivity contribution in [2.45, 2.75) is 46.1 Å². The van der Waals surface area contributed by atoms with E-state index >= 15 is 0 Å². The Balaban J connectivity index is 2.54. The molecule has 2 heteroatoms. The third-order valence-electron chi connectivity index (χ3n) is 3.27. The van der Waals surface area contributed by atoms with E-state index in [9.17, 15) is 0 Å². The molecule has 82 valence electrons. The van der Waals surface area contributed by atoms with Crippen LogP contribution in [0.3, 0.4) is 0 Å². The van der Waals surface area contributed by atoms with Crippen molar-refractivity contribution in [1.29, 1.82) is 0 Å². The third-order valence-corrected chi connectivity index (χ3v) is 3.48. The summed E-state index contributed by atoms with van der Waals surface area (Å²) < 4.78 is 5.75. The Morgan fingerprint density at radius 2 is 2.07 bits per heavy atom.